The van der Waals surface area contributed by atoms with E-state index in [0.29, 0.717) is 3.92 Å². The van der Waals surface area contributed by atoms with Crippen LogP contribution in [0.1, 0.15) is 15.1 Å². The van der Waals surface area contributed by atoms with E-state index in [1.165, 1.54) is 11.1 Å². The van der Waals surface area contributed by atoms with Crippen molar-refractivity contribution in [3.8, 4) is 0 Å². The Morgan fingerprint density at radius 2 is 1.33 bits per heavy atom. The maximum Gasteiger partial charge on any atom is 0.0399 e. The summed E-state index contributed by atoms with van der Waals surface area (Å²) >= 11 is 2.51. The van der Waals surface area contributed by atoms with Crippen molar-refractivity contribution in [3.63, 3.8) is 0 Å². The molecule has 0 amide bonds. The molecule has 0 saturated heterocycles. The van der Waals surface area contributed by atoms with Crippen LogP contribution in [0.25, 0.3) is 0 Å². The Hall–Kier alpha value is -0.830. The van der Waals surface area contributed by atoms with E-state index < -0.39 is 0 Å². The lowest BCUT2D eigenvalue weighted by Gasteiger charge is -2.09. The Morgan fingerprint density at radius 3 is 1.93 bits per heavy atom. The fourth-order valence-electron chi connectivity index (χ4n) is 1.60. The van der Waals surface area contributed by atoms with Crippen molar-refractivity contribution in [1.82, 2.24) is 0 Å². The third-order valence-corrected chi connectivity index (χ3v) is 3.58. The molecule has 1 heteroatoms. The minimum atomic E-state index is 0.561. The van der Waals surface area contributed by atoms with Crippen LogP contribution in [0.2, 0.25) is 0 Å². The molecular formula is C14H13I. The summed E-state index contributed by atoms with van der Waals surface area (Å²) in [6, 6.07) is 21.3. The average molecular weight is 308 g/mol. The van der Waals surface area contributed by atoms with Gasteiger partial charge in [0.25, 0.3) is 0 Å². The molecule has 1 unspecified atom stereocenters. The highest BCUT2D eigenvalue weighted by atomic mass is 127. The van der Waals surface area contributed by atoms with E-state index >= 15 is 0 Å². The molecule has 0 aromatic heterocycles. The number of hydrogen-bond acceptors (Lipinski definition) is 0. The molecule has 0 N–H and O–H groups in total. The second-order valence-electron chi connectivity index (χ2n) is 3.57. The summed E-state index contributed by atoms with van der Waals surface area (Å²) in [5, 5.41) is 0. The fraction of sp³-hybridized carbons (Fsp3) is 0.143. The predicted molar refractivity (Wildman–Crippen MR) is 73.3 cm³/mol. The molecule has 0 radical (unpaired) electrons. The van der Waals surface area contributed by atoms with E-state index in [1.54, 1.807) is 0 Å². The normalized spacial score (nSPS) is 12.3. The topological polar surface area (TPSA) is 0 Å². The lowest BCUT2D eigenvalue weighted by Crippen LogP contribution is -1.94. The number of hydrogen-bond donors (Lipinski definition) is 0. The number of halogens is 1. The van der Waals surface area contributed by atoms with Gasteiger partial charge in [-0.05, 0) is 17.5 Å². The standard InChI is InChI=1S/C14H13I/c15-14(13-9-5-2-6-10-13)11-12-7-3-1-4-8-12/h1-10,14H,11H2. The van der Waals surface area contributed by atoms with Crippen LogP contribution in [0.15, 0.2) is 60.7 Å². The van der Waals surface area contributed by atoms with Gasteiger partial charge in [0.05, 0.1) is 0 Å². The van der Waals surface area contributed by atoms with Crippen LogP contribution in [-0.2, 0) is 6.42 Å². The Labute approximate surface area is 104 Å². The summed E-state index contributed by atoms with van der Waals surface area (Å²) in [5.74, 6) is 0. The van der Waals surface area contributed by atoms with Gasteiger partial charge >= 0.3 is 0 Å². The summed E-state index contributed by atoms with van der Waals surface area (Å²) in [7, 11) is 0. The predicted octanol–water partition coefficient (Wildman–Crippen LogP) is 4.41. The van der Waals surface area contributed by atoms with Crippen LogP contribution in [0.5, 0.6) is 0 Å². The first-order chi connectivity index (χ1) is 7.36. The van der Waals surface area contributed by atoms with E-state index in [2.05, 4.69) is 83.3 Å². The first kappa shape index (κ1) is 10.7. The molecule has 0 bridgehead atoms. The van der Waals surface area contributed by atoms with Gasteiger partial charge in [-0.15, -0.1) is 0 Å². The van der Waals surface area contributed by atoms with E-state index in [4.69, 9.17) is 0 Å². The Morgan fingerprint density at radius 1 is 0.800 bits per heavy atom. The second kappa shape index (κ2) is 5.31. The highest BCUT2D eigenvalue weighted by Gasteiger charge is 2.06. The zero-order chi connectivity index (χ0) is 10.5. The molecular weight excluding hydrogens is 295 g/mol. The molecule has 0 fully saturated rings. The minimum Gasteiger partial charge on any atom is -0.0771 e. The molecule has 1 atom stereocenters. The SMILES string of the molecule is IC(Cc1ccccc1)c1ccccc1. The second-order valence-corrected chi connectivity index (χ2v) is 5.07. The van der Waals surface area contributed by atoms with Crippen LogP contribution in [0, 0.1) is 0 Å². The van der Waals surface area contributed by atoms with Gasteiger partial charge in [0, 0.05) is 3.92 Å². The summed E-state index contributed by atoms with van der Waals surface area (Å²) < 4.78 is 0.561. The summed E-state index contributed by atoms with van der Waals surface area (Å²) in [4.78, 5) is 0. The first-order valence-corrected chi connectivity index (χ1v) is 6.34. The van der Waals surface area contributed by atoms with E-state index in [-0.39, 0.29) is 0 Å². The molecule has 0 heterocycles. The summed E-state index contributed by atoms with van der Waals surface area (Å²) in [6.45, 7) is 0. The molecule has 2 aromatic carbocycles. The van der Waals surface area contributed by atoms with Gasteiger partial charge in [0.1, 0.15) is 0 Å². The number of rotatable bonds is 3. The van der Waals surface area contributed by atoms with Crippen LogP contribution in [-0.4, -0.2) is 0 Å². The van der Waals surface area contributed by atoms with Crippen molar-refractivity contribution in [2.24, 2.45) is 0 Å². The molecule has 0 aliphatic heterocycles. The lowest BCUT2D eigenvalue weighted by atomic mass is 10.0. The Balaban J connectivity index is 2.08. The quantitative estimate of drug-likeness (QED) is 0.582. The van der Waals surface area contributed by atoms with Crippen LogP contribution >= 0.6 is 22.6 Å². The molecule has 0 aliphatic rings. The third-order valence-electron chi connectivity index (χ3n) is 2.42. The molecule has 2 rings (SSSR count). The molecule has 0 spiro atoms. The largest absolute Gasteiger partial charge is 0.0771 e. The van der Waals surface area contributed by atoms with Crippen LogP contribution in [0.4, 0.5) is 0 Å². The zero-order valence-electron chi connectivity index (χ0n) is 8.44. The van der Waals surface area contributed by atoms with Gasteiger partial charge < -0.3 is 0 Å². The van der Waals surface area contributed by atoms with Gasteiger partial charge in [0.2, 0.25) is 0 Å². The van der Waals surface area contributed by atoms with Crippen molar-refractivity contribution in [3.05, 3.63) is 71.8 Å². The van der Waals surface area contributed by atoms with Crippen LogP contribution in [0.3, 0.4) is 0 Å². The van der Waals surface area contributed by atoms with Gasteiger partial charge in [-0.25, -0.2) is 0 Å². The van der Waals surface area contributed by atoms with Crippen LogP contribution < -0.4 is 0 Å². The molecule has 76 valence electrons. The van der Waals surface area contributed by atoms with E-state index in [0.717, 1.165) is 6.42 Å². The van der Waals surface area contributed by atoms with Crippen molar-refractivity contribution < 1.29 is 0 Å². The Kier molecular flexibility index (Phi) is 3.78. The fourth-order valence-corrected chi connectivity index (χ4v) is 2.52. The molecule has 2 aromatic rings. The Bertz CT molecular complexity index is 394. The molecule has 15 heavy (non-hydrogen) atoms. The van der Waals surface area contributed by atoms with Crippen molar-refractivity contribution in [2.45, 2.75) is 10.3 Å². The van der Waals surface area contributed by atoms with Gasteiger partial charge in [-0.3, -0.25) is 0 Å². The first-order valence-electron chi connectivity index (χ1n) is 5.09. The van der Waals surface area contributed by atoms with Crippen molar-refractivity contribution >= 4 is 22.6 Å². The van der Waals surface area contributed by atoms with Crippen molar-refractivity contribution in [2.75, 3.05) is 0 Å². The monoisotopic (exact) mass is 308 g/mol. The number of benzene rings is 2. The average Bonchev–Trinajstić information content (AvgIpc) is 2.31. The zero-order valence-corrected chi connectivity index (χ0v) is 10.6. The number of alkyl halides is 1. The summed E-state index contributed by atoms with van der Waals surface area (Å²) in [6.07, 6.45) is 1.10. The maximum atomic E-state index is 2.51. The van der Waals surface area contributed by atoms with E-state index in [9.17, 15) is 0 Å². The van der Waals surface area contributed by atoms with Crippen molar-refractivity contribution in [1.29, 1.82) is 0 Å². The van der Waals surface area contributed by atoms with Gasteiger partial charge in [-0.1, -0.05) is 83.3 Å². The summed E-state index contributed by atoms with van der Waals surface area (Å²) in [5.41, 5.74) is 2.81. The smallest absolute Gasteiger partial charge is 0.0399 e. The molecule has 0 nitrogen and oxygen atoms in total. The van der Waals surface area contributed by atoms with E-state index in [1.807, 2.05) is 0 Å². The van der Waals surface area contributed by atoms with Gasteiger partial charge in [0.15, 0.2) is 0 Å². The highest BCUT2D eigenvalue weighted by Crippen LogP contribution is 2.26. The minimum absolute atomic E-state index is 0.561. The maximum absolute atomic E-state index is 2.51. The highest BCUT2D eigenvalue weighted by molar-refractivity contribution is 14.1. The molecule has 0 aliphatic carbocycles. The van der Waals surface area contributed by atoms with Gasteiger partial charge in [-0.2, -0.15) is 0 Å². The lowest BCUT2D eigenvalue weighted by molar-refractivity contribution is 0.967. The third kappa shape index (κ3) is 3.06. The molecule has 0 saturated carbocycles.